The lowest BCUT2D eigenvalue weighted by molar-refractivity contribution is 0.400. The summed E-state index contributed by atoms with van der Waals surface area (Å²) in [6, 6.07) is 10.4. The second-order valence-electron chi connectivity index (χ2n) is 5.88. The van der Waals surface area contributed by atoms with E-state index in [0.717, 1.165) is 11.1 Å². The minimum absolute atomic E-state index is 0.148. The molecule has 2 aromatic rings. The smallest absolute Gasteiger partial charge is 0.269 e. The van der Waals surface area contributed by atoms with Crippen LogP contribution in [0.1, 0.15) is 16.7 Å². The van der Waals surface area contributed by atoms with E-state index in [1.807, 2.05) is 13.8 Å². The van der Waals surface area contributed by atoms with Gasteiger partial charge in [-0.15, -0.1) is 0 Å². The van der Waals surface area contributed by atoms with Crippen molar-refractivity contribution >= 4 is 27.5 Å². The SMILES string of the molecule is COc1cc(C)c(C)cc1S(=O)(=O)N1CCN=C1c1cccc(Cl)c1. The number of halogens is 1. The summed E-state index contributed by atoms with van der Waals surface area (Å²) in [5.74, 6) is 0.739. The van der Waals surface area contributed by atoms with Crippen LogP contribution in [0, 0.1) is 13.8 Å². The maximum absolute atomic E-state index is 13.3. The topological polar surface area (TPSA) is 59.0 Å². The van der Waals surface area contributed by atoms with Gasteiger partial charge in [-0.05, 0) is 49.2 Å². The number of aliphatic imine (C=N–C) groups is 1. The summed E-state index contributed by atoms with van der Waals surface area (Å²) in [7, 11) is -2.33. The molecule has 0 spiro atoms. The number of hydrogen-bond acceptors (Lipinski definition) is 4. The summed E-state index contributed by atoms with van der Waals surface area (Å²) in [4.78, 5) is 4.53. The standard InChI is InChI=1S/C18H19ClN2O3S/c1-12-9-16(24-3)17(10-13(12)2)25(22,23)21-8-7-20-18(21)14-5-4-6-15(19)11-14/h4-6,9-11H,7-8H2,1-3H3. The van der Waals surface area contributed by atoms with Crippen molar-refractivity contribution in [3.63, 3.8) is 0 Å². The van der Waals surface area contributed by atoms with Crippen molar-refractivity contribution in [2.75, 3.05) is 20.2 Å². The van der Waals surface area contributed by atoms with Crippen LogP contribution >= 0.6 is 11.6 Å². The van der Waals surface area contributed by atoms with Gasteiger partial charge < -0.3 is 4.74 Å². The van der Waals surface area contributed by atoms with E-state index in [2.05, 4.69) is 4.99 Å². The van der Waals surface area contributed by atoms with E-state index in [-0.39, 0.29) is 4.90 Å². The molecular weight excluding hydrogens is 360 g/mol. The number of amidine groups is 1. The molecule has 0 N–H and O–H groups in total. The summed E-state index contributed by atoms with van der Waals surface area (Å²) < 4.78 is 33.2. The normalized spacial score (nSPS) is 14.6. The van der Waals surface area contributed by atoms with E-state index < -0.39 is 10.0 Å². The molecule has 1 aliphatic heterocycles. The Morgan fingerprint density at radius 2 is 1.88 bits per heavy atom. The molecule has 0 saturated carbocycles. The van der Waals surface area contributed by atoms with Crippen LogP contribution in [0.4, 0.5) is 0 Å². The average Bonchev–Trinajstić information content (AvgIpc) is 3.07. The van der Waals surface area contributed by atoms with E-state index in [1.54, 1.807) is 36.4 Å². The number of nitrogens with zero attached hydrogens (tertiary/aromatic N) is 2. The molecule has 0 radical (unpaired) electrons. The Labute approximate surface area is 153 Å². The van der Waals surface area contributed by atoms with Crippen LogP contribution < -0.4 is 4.74 Å². The van der Waals surface area contributed by atoms with Crippen molar-refractivity contribution in [1.82, 2.24) is 4.31 Å². The van der Waals surface area contributed by atoms with E-state index in [9.17, 15) is 8.42 Å². The Morgan fingerprint density at radius 3 is 2.56 bits per heavy atom. The lowest BCUT2D eigenvalue weighted by atomic mass is 10.1. The zero-order chi connectivity index (χ0) is 18.2. The largest absolute Gasteiger partial charge is 0.495 e. The molecular formula is C18H19ClN2O3S. The maximum atomic E-state index is 13.3. The highest BCUT2D eigenvalue weighted by atomic mass is 35.5. The molecule has 1 aliphatic rings. The molecule has 2 aromatic carbocycles. The van der Waals surface area contributed by atoms with Gasteiger partial charge in [0.1, 0.15) is 16.5 Å². The monoisotopic (exact) mass is 378 g/mol. The third-order valence-corrected chi connectivity index (χ3v) is 6.28. The van der Waals surface area contributed by atoms with Crippen LogP contribution in [-0.2, 0) is 10.0 Å². The predicted molar refractivity (Wildman–Crippen MR) is 99.2 cm³/mol. The maximum Gasteiger partial charge on any atom is 0.269 e. The van der Waals surface area contributed by atoms with Gasteiger partial charge in [0, 0.05) is 10.6 Å². The van der Waals surface area contributed by atoms with Crippen LogP contribution in [0.25, 0.3) is 0 Å². The highest BCUT2D eigenvalue weighted by Crippen LogP contribution is 2.31. The van der Waals surface area contributed by atoms with E-state index in [4.69, 9.17) is 16.3 Å². The van der Waals surface area contributed by atoms with E-state index >= 15 is 0 Å². The van der Waals surface area contributed by atoms with Gasteiger partial charge >= 0.3 is 0 Å². The third-order valence-electron chi connectivity index (χ3n) is 4.23. The highest BCUT2D eigenvalue weighted by Gasteiger charge is 2.33. The molecule has 7 heteroatoms. The molecule has 25 heavy (non-hydrogen) atoms. The Hall–Kier alpha value is -2.05. The number of ether oxygens (including phenoxy) is 1. The van der Waals surface area contributed by atoms with Crippen LogP contribution in [0.15, 0.2) is 46.3 Å². The van der Waals surface area contributed by atoms with Gasteiger partial charge in [0.2, 0.25) is 0 Å². The fourth-order valence-electron chi connectivity index (χ4n) is 2.77. The first-order valence-corrected chi connectivity index (χ1v) is 9.65. The van der Waals surface area contributed by atoms with E-state index in [1.165, 1.54) is 11.4 Å². The summed E-state index contributed by atoms with van der Waals surface area (Å²) in [6.07, 6.45) is 0. The zero-order valence-electron chi connectivity index (χ0n) is 14.3. The van der Waals surface area contributed by atoms with Crippen molar-refractivity contribution in [1.29, 1.82) is 0 Å². The molecule has 0 aromatic heterocycles. The van der Waals surface area contributed by atoms with Crippen molar-refractivity contribution in [2.24, 2.45) is 4.99 Å². The Balaban J connectivity index is 2.09. The Bertz CT molecular complexity index is 955. The number of rotatable bonds is 4. The fraction of sp³-hybridized carbons (Fsp3) is 0.278. The fourth-order valence-corrected chi connectivity index (χ4v) is 4.63. The molecule has 0 atom stereocenters. The lowest BCUT2D eigenvalue weighted by Gasteiger charge is -2.22. The van der Waals surface area contributed by atoms with Gasteiger partial charge in [0.25, 0.3) is 10.0 Å². The molecule has 0 amide bonds. The van der Waals surface area contributed by atoms with Gasteiger partial charge in [-0.1, -0.05) is 23.7 Å². The minimum Gasteiger partial charge on any atom is -0.495 e. The van der Waals surface area contributed by atoms with Crippen molar-refractivity contribution in [2.45, 2.75) is 18.7 Å². The van der Waals surface area contributed by atoms with Crippen LogP contribution in [0.2, 0.25) is 5.02 Å². The van der Waals surface area contributed by atoms with Gasteiger partial charge in [-0.2, -0.15) is 0 Å². The third kappa shape index (κ3) is 3.24. The molecule has 132 valence electrons. The van der Waals surface area contributed by atoms with Crippen molar-refractivity contribution in [3.05, 3.63) is 58.1 Å². The predicted octanol–water partition coefficient (Wildman–Crippen LogP) is 3.42. The summed E-state index contributed by atoms with van der Waals surface area (Å²) >= 11 is 6.05. The van der Waals surface area contributed by atoms with Crippen molar-refractivity contribution < 1.29 is 13.2 Å². The molecule has 5 nitrogen and oxygen atoms in total. The highest BCUT2D eigenvalue weighted by molar-refractivity contribution is 7.89. The molecule has 0 bridgehead atoms. The van der Waals surface area contributed by atoms with Crippen molar-refractivity contribution in [3.8, 4) is 5.75 Å². The van der Waals surface area contributed by atoms with Crippen LogP contribution in [-0.4, -0.2) is 38.8 Å². The molecule has 3 rings (SSSR count). The minimum atomic E-state index is -3.80. The molecule has 0 fully saturated rings. The van der Waals surface area contributed by atoms with Gasteiger partial charge in [0.15, 0.2) is 0 Å². The first-order chi connectivity index (χ1) is 11.8. The molecule has 0 unspecified atom stereocenters. The molecule has 1 heterocycles. The molecule has 0 saturated heterocycles. The second kappa shape index (κ2) is 6.69. The van der Waals surface area contributed by atoms with E-state index in [0.29, 0.717) is 35.3 Å². The van der Waals surface area contributed by atoms with Gasteiger partial charge in [-0.25, -0.2) is 12.7 Å². The van der Waals surface area contributed by atoms with Gasteiger partial charge in [0.05, 0.1) is 20.2 Å². The summed E-state index contributed by atoms with van der Waals surface area (Å²) in [5.41, 5.74) is 2.54. The number of aryl methyl sites for hydroxylation is 2. The summed E-state index contributed by atoms with van der Waals surface area (Å²) in [5, 5.41) is 0.535. The summed E-state index contributed by atoms with van der Waals surface area (Å²) in [6.45, 7) is 4.50. The first-order valence-electron chi connectivity index (χ1n) is 7.83. The quantitative estimate of drug-likeness (QED) is 0.819. The second-order valence-corrected chi connectivity index (χ2v) is 8.15. The molecule has 0 aliphatic carbocycles. The number of sulfonamides is 1. The van der Waals surface area contributed by atoms with Crippen LogP contribution in [0.3, 0.4) is 0 Å². The number of hydrogen-bond donors (Lipinski definition) is 0. The Morgan fingerprint density at radius 1 is 1.16 bits per heavy atom. The lowest BCUT2D eigenvalue weighted by Crippen LogP contribution is -2.35. The first kappa shape index (κ1) is 17.8. The number of benzene rings is 2. The zero-order valence-corrected chi connectivity index (χ0v) is 15.9. The average molecular weight is 379 g/mol. The Kier molecular flexibility index (Phi) is 4.75. The van der Waals surface area contributed by atoms with Gasteiger partial charge in [-0.3, -0.25) is 4.99 Å². The number of methoxy groups -OCH3 is 1. The van der Waals surface area contributed by atoms with Crippen LogP contribution in [0.5, 0.6) is 5.75 Å².